The maximum absolute atomic E-state index is 12.4. The fourth-order valence-electron chi connectivity index (χ4n) is 1.70. The lowest BCUT2D eigenvalue weighted by atomic mass is 9.99. The van der Waals surface area contributed by atoms with E-state index >= 15 is 0 Å². The van der Waals surface area contributed by atoms with Crippen molar-refractivity contribution in [3.05, 3.63) is 62.6 Å². The molecule has 0 saturated heterocycles. The summed E-state index contributed by atoms with van der Waals surface area (Å²) in [6, 6.07) is 10.4. The summed E-state index contributed by atoms with van der Waals surface area (Å²) in [6.45, 7) is 1.88. The first-order chi connectivity index (χ1) is 8.49. The van der Waals surface area contributed by atoms with Crippen molar-refractivity contribution in [1.29, 1.82) is 0 Å². The number of aryl methyl sites for hydroxylation is 1. The van der Waals surface area contributed by atoms with Crippen LogP contribution in [0.1, 0.15) is 21.5 Å². The van der Waals surface area contributed by atoms with Crippen molar-refractivity contribution in [2.75, 3.05) is 5.73 Å². The first kappa shape index (κ1) is 13.1. The van der Waals surface area contributed by atoms with Crippen LogP contribution in [0.15, 0.2) is 40.9 Å². The van der Waals surface area contributed by atoms with Gasteiger partial charge in [-0.1, -0.05) is 17.7 Å². The molecule has 18 heavy (non-hydrogen) atoms. The van der Waals surface area contributed by atoms with Gasteiger partial charge in [0.05, 0.1) is 0 Å². The molecule has 0 aliphatic heterocycles. The van der Waals surface area contributed by atoms with Gasteiger partial charge in [-0.2, -0.15) is 0 Å². The molecule has 2 N–H and O–H groups in total. The van der Waals surface area contributed by atoms with Gasteiger partial charge in [0.25, 0.3) is 0 Å². The second kappa shape index (κ2) is 5.12. The van der Waals surface area contributed by atoms with E-state index < -0.39 is 0 Å². The van der Waals surface area contributed by atoms with E-state index in [0.29, 0.717) is 26.3 Å². The highest BCUT2D eigenvalue weighted by molar-refractivity contribution is 9.10. The molecule has 0 amide bonds. The fourth-order valence-corrected chi connectivity index (χ4v) is 2.45. The summed E-state index contributed by atoms with van der Waals surface area (Å²) in [6.07, 6.45) is 0. The highest BCUT2D eigenvalue weighted by Gasteiger charge is 2.15. The molecule has 2 rings (SSSR count). The zero-order valence-electron chi connectivity index (χ0n) is 9.71. The highest BCUT2D eigenvalue weighted by Crippen LogP contribution is 2.25. The number of nitrogens with two attached hydrogens (primary N) is 1. The van der Waals surface area contributed by atoms with Crippen molar-refractivity contribution in [1.82, 2.24) is 0 Å². The van der Waals surface area contributed by atoms with E-state index in [-0.39, 0.29) is 5.78 Å². The number of benzene rings is 2. The molecule has 2 nitrogen and oxygen atoms in total. The van der Waals surface area contributed by atoms with Crippen LogP contribution in [-0.4, -0.2) is 5.78 Å². The quantitative estimate of drug-likeness (QED) is 0.664. The Bertz CT molecular complexity index is 625. The topological polar surface area (TPSA) is 43.1 Å². The Labute approximate surface area is 119 Å². The molecule has 0 aromatic heterocycles. The van der Waals surface area contributed by atoms with Crippen molar-refractivity contribution in [3.8, 4) is 0 Å². The summed E-state index contributed by atoms with van der Waals surface area (Å²) in [5, 5.41) is 0.551. The van der Waals surface area contributed by atoms with Gasteiger partial charge < -0.3 is 5.73 Å². The number of ketones is 1. The maximum Gasteiger partial charge on any atom is 0.194 e. The molecular weight excluding hydrogens is 314 g/mol. The summed E-state index contributed by atoms with van der Waals surface area (Å²) in [5.41, 5.74) is 8.35. The fraction of sp³-hybridized carbons (Fsp3) is 0.0714. The lowest BCUT2D eigenvalue weighted by molar-refractivity contribution is 0.103. The van der Waals surface area contributed by atoms with E-state index in [2.05, 4.69) is 15.9 Å². The molecule has 0 unspecified atom stereocenters. The molecule has 0 bridgehead atoms. The van der Waals surface area contributed by atoms with Crippen molar-refractivity contribution < 1.29 is 4.79 Å². The van der Waals surface area contributed by atoms with E-state index in [1.165, 1.54) is 0 Å². The number of hydrogen-bond acceptors (Lipinski definition) is 2. The Kier molecular flexibility index (Phi) is 3.73. The Hall–Kier alpha value is -1.32. The monoisotopic (exact) mass is 323 g/mol. The molecule has 0 spiro atoms. The van der Waals surface area contributed by atoms with Gasteiger partial charge >= 0.3 is 0 Å². The first-order valence-corrected chi connectivity index (χ1v) is 6.52. The zero-order chi connectivity index (χ0) is 13.3. The predicted molar refractivity (Wildman–Crippen MR) is 78.2 cm³/mol. The minimum atomic E-state index is -0.0677. The average Bonchev–Trinajstić information content (AvgIpc) is 2.31. The van der Waals surface area contributed by atoms with Gasteiger partial charge in [0.1, 0.15) is 0 Å². The van der Waals surface area contributed by atoms with Crippen molar-refractivity contribution >= 4 is 39.0 Å². The van der Waals surface area contributed by atoms with Crippen LogP contribution >= 0.6 is 27.5 Å². The van der Waals surface area contributed by atoms with Gasteiger partial charge in [-0.15, -0.1) is 0 Å². The maximum atomic E-state index is 12.4. The van der Waals surface area contributed by atoms with Crippen LogP contribution in [0.3, 0.4) is 0 Å². The number of rotatable bonds is 2. The molecule has 0 aliphatic rings. The van der Waals surface area contributed by atoms with Crippen LogP contribution in [-0.2, 0) is 0 Å². The molecule has 0 saturated carbocycles. The number of hydrogen-bond donors (Lipinski definition) is 1. The second-order valence-electron chi connectivity index (χ2n) is 4.03. The Morgan fingerprint density at radius 1 is 1.17 bits per heavy atom. The Morgan fingerprint density at radius 3 is 2.56 bits per heavy atom. The lowest BCUT2D eigenvalue weighted by Crippen LogP contribution is -2.05. The van der Waals surface area contributed by atoms with Crippen LogP contribution in [0.4, 0.5) is 5.69 Å². The minimum absolute atomic E-state index is 0.0677. The Morgan fingerprint density at radius 2 is 1.89 bits per heavy atom. The van der Waals surface area contributed by atoms with Gasteiger partial charge in [0.15, 0.2) is 5.78 Å². The predicted octanol–water partition coefficient (Wildman–Crippen LogP) is 4.22. The normalized spacial score (nSPS) is 10.4. The van der Waals surface area contributed by atoms with Crippen LogP contribution in [0.2, 0.25) is 5.02 Å². The number of nitrogen functional groups attached to an aromatic ring is 1. The van der Waals surface area contributed by atoms with E-state index in [9.17, 15) is 4.79 Å². The third-order valence-corrected chi connectivity index (χ3v) is 3.57. The summed E-state index contributed by atoms with van der Waals surface area (Å²) < 4.78 is 0.687. The van der Waals surface area contributed by atoms with Crippen molar-refractivity contribution in [3.63, 3.8) is 0 Å². The van der Waals surface area contributed by atoms with Crippen molar-refractivity contribution in [2.24, 2.45) is 0 Å². The van der Waals surface area contributed by atoms with Crippen molar-refractivity contribution in [2.45, 2.75) is 6.92 Å². The molecule has 0 atom stereocenters. The number of anilines is 1. The van der Waals surface area contributed by atoms with Gasteiger partial charge in [0, 0.05) is 26.3 Å². The van der Waals surface area contributed by atoms with Gasteiger partial charge in [-0.3, -0.25) is 4.79 Å². The molecule has 0 radical (unpaired) electrons. The smallest absolute Gasteiger partial charge is 0.194 e. The number of halogens is 2. The van der Waals surface area contributed by atoms with Crippen LogP contribution < -0.4 is 5.73 Å². The molecule has 0 heterocycles. The number of carbonyl (C=O) groups is 1. The standard InChI is InChI=1S/C14H11BrClNO/c1-8-2-3-9(16)6-12(8)14(18)11-5-4-10(17)7-13(11)15/h2-7H,17H2,1H3. The third kappa shape index (κ3) is 2.57. The van der Waals surface area contributed by atoms with E-state index in [1.54, 1.807) is 30.3 Å². The van der Waals surface area contributed by atoms with Crippen LogP contribution in [0.25, 0.3) is 0 Å². The average molecular weight is 325 g/mol. The van der Waals surface area contributed by atoms with Crippen LogP contribution in [0, 0.1) is 6.92 Å². The van der Waals surface area contributed by atoms with Gasteiger partial charge in [-0.05, 0) is 58.7 Å². The van der Waals surface area contributed by atoms with E-state index in [1.807, 2.05) is 13.0 Å². The summed E-state index contributed by atoms with van der Waals surface area (Å²) in [4.78, 5) is 12.4. The molecule has 4 heteroatoms. The summed E-state index contributed by atoms with van der Waals surface area (Å²) >= 11 is 9.28. The molecule has 2 aromatic rings. The Balaban J connectivity index is 2.51. The van der Waals surface area contributed by atoms with E-state index in [4.69, 9.17) is 17.3 Å². The van der Waals surface area contributed by atoms with Gasteiger partial charge in [0.2, 0.25) is 0 Å². The van der Waals surface area contributed by atoms with Crippen LogP contribution in [0.5, 0.6) is 0 Å². The molecular formula is C14H11BrClNO. The molecule has 0 fully saturated rings. The lowest BCUT2D eigenvalue weighted by Gasteiger charge is -2.08. The summed E-state index contributed by atoms with van der Waals surface area (Å²) in [5.74, 6) is -0.0677. The van der Waals surface area contributed by atoms with Gasteiger partial charge in [-0.25, -0.2) is 0 Å². The number of carbonyl (C=O) groups excluding carboxylic acids is 1. The second-order valence-corrected chi connectivity index (χ2v) is 5.32. The summed E-state index contributed by atoms with van der Waals surface area (Å²) in [7, 11) is 0. The highest BCUT2D eigenvalue weighted by atomic mass is 79.9. The molecule has 0 aliphatic carbocycles. The van der Waals surface area contributed by atoms with E-state index in [0.717, 1.165) is 5.56 Å². The molecule has 2 aromatic carbocycles. The first-order valence-electron chi connectivity index (χ1n) is 5.35. The molecule has 92 valence electrons. The SMILES string of the molecule is Cc1ccc(Cl)cc1C(=O)c1ccc(N)cc1Br. The largest absolute Gasteiger partial charge is 0.399 e. The minimum Gasteiger partial charge on any atom is -0.399 e. The third-order valence-electron chi connectivity index (χ3n) is 2.68. The zero-order valence-corrected chi connectivity index (χ0v) is 12.0.